The molecule has 0 fully saturated rings. The Morgan fingerprint density at radius 1 is 1.25 bits per heavy atom. The van der Waals surface area contributed by atoms with Gasteiger partial charge in [0.2, 0.25) is 10.0 Å². The summed E-state index contributed by atoms with van der Waals surface area (Å²) in [7, 11) is -3.78. The van der Waals surface area contributed by atoms with Gasteiger partial charge in [-0.25, -0.2) is 21.9 Å². The van der Waals surface area contributed by atoms with E-state index in [1.54, 1.807) is 0 Å². The molecule has 1 aromatic heterocycles. The number of sulfonamides is 1. The molecule has 0 aliphatic rings. The zero-order chi connectivity index (χ0) is 14.8. The first kappa shape index (κ1) is 15.0. The molecule has 0 saturated carbocycles. The maximum atomic E-state index is 13.4. The highest BCUT2D eigenvalue weighted by molar-refractivity contribution is 7.91. The van der Waals surface area contributed by atoms with Crippen LogP contribution in [-0.4, -0.2) is 13.5 Å². The van der Waals surface area contributed by atoms with E-state index in [4.69, 9.17) is 5.11 Å². The molecule has 0 aliphatic heterocycles. The summed E-state index contributed by atoms with van der Waals surface area (Å²) in [6.45, 7) is -0.528. The number of aliphatic hydroxyl groups is 1. The number of hydrogen-bond donors (Lipinski definition) is 2. The number of nitrogens with one attached hydrogen (secondary N) is 1. The van der Waals surface area contributed by atoms with Crippen LogP contribution >= 0.6 is 11.3 Å². The third-order valence-corrected chi connectivity index (χ3v) is 5.43. The first-order chi connectivity index (χ1) is 9.42. The molecule has 2 N–H and O–H groups in total. The fourth-order valence-corrected chi connectivity index (χ4v) is 3.74. The summed E-state index contributed by atoms with van der Waals surface area (Å²) in [5, 5.41) is 10.4. The molecule has 8 heteroatoms. The summed E-state index contributed by atoms with van der Waals surface area (Å²) in [6, 6.07) is 4.27. The largest absolute Gasteiger partial charge is 0.392 e. The van der Waals surface area contributed by atoms with Crippen molar-refractivity contribution in [3.8, 4) is 0 Å². The van der Waals surface area contributed by atoms with E-state index in [2.05, 4.69) is 4.72 Å². The van der Waals surface area contributed by atoms with E-state index in [9.17, 15) is 17.2 Å². The molecule has 0 aliphatic carbocycles. The number of aliphatic hydroxyl groups excluding tert-OH is 1. The van der Waals surface area contributed by atoms with E-state index >= 15 is 0 Å². The predicted octanol–water partition coefficient (Wildman–Crippen LogP) is 2.00. The van der Waals surface area contributed by atoms with Crippen LogP contribution in [0.25, 0.3) is 0 Å². The van der Waals surface area contributed by atoms with Gasteiger partial charge in [0, 0.05) is 18.2 Å². The second-order valence-corrected chi connectivity index (χ2v) is 6.90. The maximum absolute atomic E-state index is 13.4. The van der Waals surface area contributed by atoms with Crippen molar-refractivity contribution in [2.24, 2.45) is 0 Å². The number of hydrogen-bond acceptors (Lipinski definition) is 4. The average Bonchev–Trinajstić information content (AvgIpc) is 2.87. The van der Waals surface area contributed by atoms with Gasteiger partial charge in [0.25, 0.3) is 0 Å². The van der Waals surface area contributed by atoms with Crippen LogP contribution in [-0.2, 0) is 23.2 Å². The molecule has 4 nitrogen and oxygen atoms in total. The monoisotopic (exact) mass is 319 g/mol. The molecule has 1 heterocycles. The minimum atomic E-state index is -3.78. The summed E-state index contributed by atoms with van der Waals surface area (Å²) in [5.74, 6) is -1.53. The lowest BCUT2D eigenvalue weighted by atomic mass is 10.2. The Labute approximate surface area is 118 Å². The van der Waals surface area contributed by atoms with Crippen LogP contribution in [0.15, 0.2) is 33.9 Å². The van der Waals surface area contributed by atoms with E-state index < -0.39 is 21.7 Å². The first-order valence-corrected chi connectivity index (χ1v) is 7.90. The predicted molar refractivity (Wildman–Crippen MR) is 70.6 cm³/mol. The lowest BCUT2D eigenvalue weighted by molar-refractivity contribution is 0.282. The van der Waals surface area contributed by atoms with Gasteiger partial charge in [0.1, 0.15) is 15.8 Å². The molecule has 0 unspecified atom stereocenters. The molecule has 0 atom stereocenters. The number of thiophene rings is 1. The molecule has 2 rings (SSSR count). The molecule has 0 amide bonds. The Morgan fingerprint density at radius 2 is 2.00 bits per heavy atom. The topological polar surface area (TPSA) is 66.4 Å². The van der Waals surface area contributed by atoms with Crippen LogP contribution in [0.5, 0.6) is 0 Å². The van der Waals surface area contributed by atoms with Crippen molar-refractivity contribution in [1.29, 1.82) is 0 Å². The molecule has 20 heavy (non-hydrogen) atoms. The van der Waals surface area contributed by atoms with Crippen LogP contribution in [0.2, 0.25) is 0 Å². The second-order valence-electron chi connectivity index (χ2n) is 3.99. The molecular weight excluding hydrogens is 308 g/mol. The number of halogens is 2. The zero-order valence-electron chi connectivity index (χ0n) is 10.1. The molecule has 0 spiro atoms. The van der Waals surface area contributed by atoms with Crippen LogP contribution in [0.1, 0.15) is 11.1 Å². The van der Waals surface area contributed by atoms with Crippen molar-refractivity contribution >= 4 is 21.4 Å². The van der Waals surface area contributed by atoms with Crippen LogP contribution < -0.4 is 4.72 Å². The van der Waals surface area contributed by atoms with Crippen molar-refractivity contribution < 1.29 is 22.3 Å². The van der Waals surface area contributed by atoms with Crippen molar-refractivity contribution in [2.45, 2.75) is 17.4 Å². The smallest absolute Gasteiger partial charge is 0.250 e. The normalized spacial score (nSPS) is 11.8. The van der Waals surface area contributed by atoms with E-state index in [-0.39, 0.29) is 22.9 Å². The van der Waals surface area contributed by atoms with Crippen molar-refractivity contribution in [2.75, 3.05) is 0 Å². The van der Waals surface area contributed by atoms with Crippen LogP contribution in [0, 0.1) is 11.6 Å². The standard InChI is InChI=1S/C12H11F2NO3S2/c13-10-2-1-9(11(14)4-10)5-15-20(17,18)12-3-8(6-16)7-19-12/h1-4,7,15-16H,5-6H2. The summed E-state index contributed by atoms with van der Waals surface area (Å²) in [5.41, 5.74) is 0.539. The van der Waals surface area contributed by atoms with Crippen LogP contribution in [0.3, 0.4) is 0 Å². The Hall–Kier alpha value is -1.35. The molecule has 1 aromatic carbocycles. The summed E-state index contributed by atoms with van der Waals surface area (Å²) < 4.78 is 52.2. The van der Waals surface area contributed by atoms with E-state index in [0.29, 0.717) is 11.6 Å². The molecule has 0 bridgehead atoms. The lowest BCUT2D eigenvalue weighted by Gasteiger charge is -2.06. The van der Waals surface area contributed by atoms with Crippen molar-refractivity contribution in [3.05, 3.63) is 52.4 Å². The van der Waals surface area contributed by atoms with Gasteiger partial charge in [-0.3, -0.25) is 0 Å². The average molecular weight is 319 g/mol. The van der Waals surface area contributed by atoms with Gasteiger partial charge in [0.15, 0.2) is 0 Å². The summed E-state index contributed by atoms with van der Waals surface area (Å²) >= 11 is 0.959. The molecule has 0 radical (unpaired) electrons. The second kappa shape index (κ2) is 5.96. The van der Waals surface area contributed by atoms with Crippen molar-refractivity contribution in [1.82, 2.24) is 4.72 Å². The Bertz CT molecular complexity index is 713. The molecule has 2 aromatic rings. The lowest BCUT2D eigenvalue weighted by Crippen LogP contribution is -2.23. The van der Waals surface area contributed by atoms with Gasteiger partial charge in [-0.05, 0) is 23.1 Å². The summed E-state index contributed by atoms with van der Waals surface area (Å²) in [6.07, 6.45) is 0. The Balaban J connectivity index is 2.13. The minimum absolute atomic E-state index is 0.0315. The SMILES string of the molecule is O=S(=O)(NCc1ccc(F)cc1F)c1cc(CO)cs1. The molecule has 108 valence electrons. The van der Waals surface area contributed by atoms with Crippen LogP contribution in [0.4, 0.5) is 8.78 Å². The number of benzene rings is 1. The van der Waals surface area contributed by atoms with Gasteiger partial charge < -0.3 is 5.11 Å². The van der Waals surface area contributed by atoms with E-state index in [1.807, 2.05) is 0 Å². The van der Waals surface area contributed by atoms with Gasteiger partial charge >= 0.3 is 0 Å². The van der Waals surface area contributed by atoms with Gasteiger partial charge in [-0.15, -0.1) is 11.3 Å². The maximum Gasteiger partial charge on any atom is 0.250 e. The third-order valence-electron chi connectivity index (χ3n) is 2.54. The highest BCUT2D eigenvalue weighted by atomic mass is 32.2. The quantitative estimate of drug-likeness (QED) is 0.886. The number of rotatable bonds is 5. The van der Waals surface area contributed by atoms with Gasteiger partial charge in [-0.1, -0.05) is 6.07 Å². The minimum Gasteiger partial charge on any atom is -0.392 e. The zero-order valence-corrected chi connectivity index (χ0v) is 11.8. The van der Waals surface area contributed by atoms with E-state index in [0.717, 1.165) is 17.4 Å². The fourth-order valence-electron chi connectivity index (χ4n) is 1.49. The fraction of sp³-hybridized carbons (Fsp3) is 0.167. The van der Waals surface area contributed by atoms with Crippen molar-refractivity contribution in [3.63, 3.8) is 0 Å². The molecule has 0 saturated heterocycles. The highest BCUT2D eigenvalue weighted by Crippen LogP contribution is 2.20. The third kappa shape index (κ3) is 3.40. The van der Waals surface area contributed by atoms with Gasteiger partial charge in [-0.2, -0.15) is 0 Å². The van der Waals surface area contributed by atoms with Gasteiger partial charge in [0.05, 0.1) is 6.61 Å². The molecular formula is C12H11F2NO3S2. The summed E-state index contributed by atoms with van der Waals surface area (Å²) in [4.78, 5) is 0. The Morgan fingerprint density at radius 3 is 2.60 bits per heavy atom. The van der Waals surface area contributed by atoms with E-state index in [1.165, 1.54) is 17.5 Å². The highest BCUT2D eigenvalue weighted by Gasteiger charge is 2.17. The Kier molecular flexibility index (Phi) is 4.48. The first-order valence-electron chi connectivity index (χ1n) is 5.54.